The number of unbranched alkanes of at least 4 members (excludes halogenated alkanes) is 1. The highest BCUT2D eigenvalue weighted by atomic mass is 35.5. The molecule has 0 aromatic heterocycles. The third kappa shape index (κ3) is 9.68. The van der Waals surface area contributed by atoms with E-state index >= 15 is 0 Å². The first-order chi connectivity index (χ1) is 23.5. The SMILES string of the molecule is CCCCNC(=O)[C@@H](Cc1ccccc1)N(Cc1ccc(Cl)c(Cl)c1)C(=O)CN(c1ccc(OC)c(OC)c1)S(=O)(=O)c1ccc(C)cc1. The van der Waals surface area contributed by atoms with Crippen molar-refractivity contribution in [2.24, 2.45) is 0 Å². The molecule has 49 heavy (non-hydrogen) atoms. The molecule has 0 fully saturated rings. The lowest BCUT2D eigenvalue weighted by molar-refractivity contribution is -0.140. The van der Waals surface area contributed by atoms with Gasteiger partial charge in [0.15, 0.2) is 11.5 Å². The number of ether oxygens (including phenoxy) is 2. The highest BCUT2D eigenvalue weighted by Crippen LogP contribution is 2.34. The molecule has 1 N–H and O–H groups in total. The molecule has 260 valence electrons. The Kier molecular flexibility index (Phi) is 13.4. The maximum absolute atomic E-state index is 14.7. The molecule has 0 heterocycles. The number of sulfonamides is 1. The Balaban J connectivity index is 1.84. The molecular formula is C37H41Cl2N3O6S. The fourth-order valence-electron chi connectivity index (χ4n) is 5.24. The second-order valence-electron chi connectivity index (χ2n) is 11.5. The number of carbonyl (C=O) groups excluding carboxylic acids is 2. The van der Waals surface area contributed by atoms with Gasteiger partial charge in [0.05, 0.1) is 34.8 Å². The Morgan fingerprint density at radius 2 is 1.53 bits per heavy atom. The summed E-state index contributed by atoms with van der Waals surface area (Å²) in [6.45, 7) is 3.63. The predicted octanol–water partition coefficient (Wildman–Crippen LogP) is 7.07. The normalized spacial score (nSPS) is 11.8. The minimum Gasteiger partial charge on any atom is -0.493 e. The highest BCUT2D eigenvalue weighted by molar-refractivity contribution is 7.92. The van der Waals surface area contributed by atoms with E-state index in [-0.39, 0.29) is 40.2 Å². The number of nitrogens with one attached hydrogen (secondary N) is 1. The lowest BCUT2D eigenvalue weighted by atomic mass is 10.0. The molecule has 4 aromatic carbocycles. The van der Waals surface area contributed by atoms with Crippen molar-refractivity contribution < 1.29 is 27.5 Å². The van der Waals surface area contributed by atoms with E-state index in [1.54, 1.807) is 42.5 Å². The van der Waals surface area contributed by atoms with Crippen LogP contribution in [-0.2, 0) is 32.6 Å². The molecule has 0 saturated heterocycles. The number of amides is 2. The molecule has 0 saturated carbocycles. The van der Waals surface area contributed by atoms with Crippen LogP contribution in [0.25, 0.3) is 0 Å². The maximum Gasteiger partial charge on any atom is 0.264 e. The van der Waals surface area contributed by atoms with Gasteiger partial charge in [-0.05, 0) is 60.9 Å². The molecular weight excluding hydrogens is 685 g/mol. The van der Waals surface area contributed by atoms with Crippen LogP contribution in [0.1, 0.15) is 36.5 Å². The minimum absolute atomic E-state index is 0.00476. The van der Waals surface area contributed by atoms with Gasteiger partial charge in [0.1, 0.15) is 12.6 Å². The van der Waals surface area contributed by atoms with E-state index in [4.69, 9.17) is 32.7 Å². The Bertz CT molecular complexity index is 1840. The molecule has 0 aliphatic rings. The van der Waals surface area contributed by atoms with Crippen LogP contribution in [0.4, 0.5) is 5.69 Å². The van der Waals surface area contributed by atoms with Crippen LogP contribution in [0, 0.1) is 6.92 Å². The molecule has 0 aliphatic heterocycles. The van der Waals surface area contributed by atoms with Gasteiger partial charge in [-0.2, -0.15) is 0 Å². The zero-order chi connectivity index (χ0) is 35.6. The number of hydrogen-bond donors (Lipinski definition) is 1. The topological polar surface area (TPSA) is 105 Å². The van der Waals surface area contributed by atoms with Crippen molar-refractivity contribution in [3.63, 3.8) is 0 Å². The van der Waals surface area contributed by atoms with E-state index in [2.05, 4.69) is 5.32 Å². The lowest BCUT2D eigenvalue weighted by Crippen LogP contribution is -2.53. The predicted molar refractivity (Wildman–Crippen MR) is 194 cm³/mol. The second-order valence-corrected chi connectivity index (χ2v) is 14.2. The molecule has 2 amide bonds. The monoisotopic (exact) mass is 725 g/mol. The Morgan fingerprint density at radius 1 is 0.837 bits per heavy atom. The van der Waals surface area contributed by atoms with Crippen molar-refractivity contribution in [1.82, 2.24) is 10.2 Å². The van der Waals surface area contributed by atoms with Gasteiger partial charge in [-0.15, -0.1) is 0 Å². The van der Waals surface area contributed by atoms with Gasteiger partial charge < -0.3 is 19.7 Å². The standard InChI is InChI=1S/C37H41Cl2N3O6S/c1-5-6-20-40-37(44)33(22-27-10-8-7-9-11-27)41(24-28-14-18-31(38)32(39)21-28)36(43)25-42(29-15-19-34(47-3)35(23-29)48-4)49(45,46)30-16-12-26(2)13-17-30/h7-19,21,23,33H,5-6,20,22,24-25H2,1-4H3,(H,40,44)/t33-/m1/s1. The Hall–Kier alpha value is -4.25. The van der Waals surface area contributed by atoms with Gasteiger partial charge in [0.2, 0.25) is 11.8 Å². The number of rotatable bonds is 16. The number of benzene rings is 4. The Morgan fingerprint density at radius 3 is 2.16 bits per heavy atom. The zero-order valence-electron chi connectivity index (χ0n) is 28.0. The Labute approximate surface area is 298 Å². The molecule has 0 radical (unpaired) electrons. The van der Waals surface area contributed by atoms with Crippen molar-refractivity contribution in [3.8, 4) is 11.5 Å². The van der Waals surface area contributed by atoms with Crippen molar-refractivity contribution in [2.75, 3.05) is 31.6 Å². The third-order valence-electron chi connectivity index (χ3n) is 7.98. The van der Waals surface area contributed by atoms with Gasteiger partial charge in [-0.3, -0.25) is 13.9 Å². The molecule has 0 bridgehead atoms. The van der Waals surface area contributed by atoms with Gasteiger partial charge >= 0.3 is 0 Å². The van der Waals surface area contributed by atoms with Crippen LogP contribution in [0.5, 0.6) is 11.5 Å². The van der Waals surface area contributed by atoms with Gasteiger partial charge in [-0.1, -0.05) is 90.6 Å². The molecule has 0 unspecified atom stereocenters. The van der Waals surface area contributed by atoms with Crippen molar-refractivity contribution in [2.45, 2.75) is 50.6 Å². The summed E-state index contributed by atoms with van der Waals surface area (Å²) in [7, 11) is -1.39. The number of methoxy groups -OCH3 is 2. The quantitative estimate of drug-likeness (QED) is 0.124. The summed E-state index contributed by atoms with van der Waals surface area (Å²) in [5.74, 6) is -0.299. The van der Waals surface area contributed by atoms with Crippen LogP contribution >= 0.6 is 23.2 Å². The van der Waals surface area contributed by atoms with Gasteiger partial charge in [0, 0.05) is 25.6 Å². The highest BCUT2D eigenvalue weighted by Gasteiger charge is 2.35. The number of hydrogen-bond acceptors (Lipinski definition) is 6. The van der Waals surface area contributed by atoms with E-state index in [0.29, 0.717) is 22.9 Å². The largest absolute Gasteiger partial charge is 0.493 e. The average Bonchev–Trinajstić information content (AvgIpc) is 3.10. The van der Waals surface area contributed by atoms with Crippen molar-refractivity contribution in [3.05, 3.63) is 118 Å². The van der Waals surface area contributed by atoms with E-state index < -0.39 is 28.5 Å². The molecule has 0 spiro atoms. The van der Waals surface area contributed by atoms with Crippen LogP contribution in [0.15, 0.2) is 95.9 Å². The number of halogens is 2. The van der Waals surface area contributed by atoms with Crippen LogP contribution < -0.4 is 19.1 Å². The lowest BCUT2D eigenvalue weighted by Gasteiger charge is -2.34. The average molecular weight is 727 g/mol. The van der Waals surface area contributed by atoms with Crippen LogP contribution in [-0.4, -0.2) is 58.5 Å². The zero-order valence-corrected chi connectivity index (χ0v) is 30.3. The number of nitrogens with zero attached hydrogens (tertiary/aromatic N) is 2. The summed E-state index contributed by atoms with van der Waals surface area (Å²) < 4.78 is 40.6. The molecule has 4 aromatic rings. The van der Waals surface area contributed by atoms with Crippen LogP contribution in [0.2, 0.25) is 10.0 Å². The second kappa shape index (κ2) is 17.4. The summed E-state index contributed by atoms with van der Waals surface area (Å²) >= 11 is 12.6. The molecule has 0 aliphatic carbocycles. The summed E-state index contributed by atoms with van der Waals surface area (Å²) in [6.07, 6.45) is 1.81. The summed E-state index contributed by atoms with van der Waals surface area (Å²) in [6, 6.07) is 24.3. The van der Waals surface area contributed by atoms with Gasteiger partial charge in [0.25, 0.3) is 10.0 Å². The van der Waals surface area contributed by atoms with E-state index in [0.717, 1.165) is 28.3 Å². The summed E-state index contributed by atoms with van der Waals surface area (Å²) in [5.41, 5.74) is 2.49. The number of aryl methyl sites for hydroxylation is 1. The first-order valence-corrected chi connectivity index (χ1v) is 18.0. The fraction of sp³-hybridized carbons (Fsp3) is 0.297. The first kappa shape index (κ1) is 37.6. The number of anilines is 1. The maximum atomic E-state index is 14.7. The minimum atomic E-state index is -4.30. The molecule has 12 heteroatoms. The summed E-state index contributed by atoms with van der Waals surface area (Å²) in [5, 5.41) is 3.60. The first-order valence-electron chi connectivity index (χ1n) is 15.8. The van der Waals surface area contributed by atoms with E-state index in [1.807, 2.05) is 44.2 Å². The van der Waals surface area contributed by atoms with E-state index in [1.165, 1.54) is 37.3 Å². The van der Waals surface area contributed by atoms with E-state index in [9.17, 15) is 18.0 Å². The fourth-order valence-corrected chi connectivity index (χ4v) is 6.97. The smallest absolute Gasteiger partial charge is 0.264 e. The number of carbonyl (C=O) groups is 2. The molecule has 4 rings (SSSR count). The third-order valence-corrected chi connectivity index (χ3v) is 10.5. The molecule has 1 atom stereocenters. The van der Waals surface area contributed by atoms with Crippen LogP contribution in [0.3, 0.4) is 0 Å². The van der Waals surface area contributed by atoms with Gasteiger partial charge in [-0.25, -0.2) is 8.42 Å². The summed E-state index contributed by atoms with van der Waals surface area (Å²) in [4.78, 5) is 30.0. The van der Waals surface area contributed by atoms with Crippen molar-refractivity contribution >= 4 is 50.7 Å². The van der Waals surface area contributed by atoms with Crippen molar-refractivity contribution in [1.29, 1.82) is 0 Å². The molecule has 9 nitrogen and oxygen atoms in total.